The highest BCUT2D eigenvalue weighted by molar-refractivity contribution is 6.37. The third-order valence-electron chi connectivity index (χ3n) is 2.90. The molecule has 0 saturated heterocycles. The van der Waals surface area contributed by atoms with E-state index >= 15 is 0 Å². The first-order valence-electron chi connectivity index (χ1n) is 6.26. The lowest BCUT2D eigenvalue weighted by molar-refractivity contribution is 0.534. The monoisotopic (exact) mass is 306 g/mol. The molecule has 3 aromatic rings. The van der Waals surface area contributed by atoms with Crippen molar-refractivity contribution in [1.29, 1.82) is 0 Å². The molecule has 3 rings (SSSR count). The fourth-order valence-corrected chi connectivity index (χ4v) is 2.50. The zero-order valence-corrected chi connectivity index (χ0v) is 12.1. The van der Waals surface area contributed by atoms with Gasteiger partial charge in [-0.3, -0.25) is 0 Å². The number of oxazole rings is 1. The Bertz CT molecular complexity index is 725. The molecule has 1 N–H and O–H groups in total. The van der Waals surface area contributed by atoms with Gasteiger partial charge >= 0.3 is 0 Å². The average molecular weight is 307 g/mol. The van der Waals surface area contributed by atoms with E-state index in [9.17, 15) is 0 Å². The number of fused-ring (bicyclic) bond motifs is 1. The molecule has 0 aliphatic rings. The van der Waals surface area contributed by atoms with Crippen molar-refractivity contribution >= 4 is 40.0 Å². The maximum absolute atomic E-state index is 6.07. The van der Waals surface area contributed by atoms with Crippen LogP contribution in [0, 0.1) is 0 Å². The van der Waals surface area contributed by atoms with Gasteiger partial charge in [0.2, 0.25) is 0 Å². The molecule has 0 amide bonds. The molecule has 0 atom stereocenters. The molecule has 20 heavy (non-hydrogen) atoms. The number of para-hydroxylation sites is 1. The van der Waals surface area contributed by atoms with Gasteiger partial charge in [-0.05, 0) is 24.3 Å². The smallest absolute Gasteiger partial charge is 0.197 e. The minimum absolute atomic E-state index is 0.488. The van der Waals surface area contributed by atoms with E-state index in [-0.39, 0.29) is 0 Å². The maximum Gasteiger partial charge on any atom is 0.197 e. The summed E-state index contributed by atoms with van der Waals surface area (Å²) in [6.45, 7) is 0.738. The molecule has 3 nitrogen and oxygen atoms in total. The summed E-state index contributed by atoms with van der Waals surface area (Å²) in [4.78, 5) is 4.39. The molecule has 0 bridgehead atoms. The summed E-state index contributed by atoms with van der Waals surface area (Å²) in [6.07, 6.45) is 0.678. The van der Waals surface area contributed by atoms with Gasteiger partial charge in [-0.25, -0.2) is 4.98 Å². The normalized spacial score (nSPS) is 10.9. The van der Waals surface area contributed by atoms with Crippen molar-refractivity contribution < 1.29 is 4.42 Å². The predicted octanol–water partition coefficient (Wildman–Crippen LogP) is 4.79. The van der Waals surface area contributed by atoms with E-state index in [4.69, 9.17) is 27.6 Å². The highest BCUT2D eigenvalue weighted by atomic mass is 35.5. The van der Waals surface area contributed by atoms with Crippen LogP contribution in [0.4, 0.5) is 5.69 Å². The molecular formula is C15H12Cl2N2O. The van der Waals surface area contributed by atoms with Crippen LogP contribution < -0.4 is 5.32 Å². The van der Waals surface area contributed by atoms with Crippen LogP contribution in [0.5, 0.6) is 0 Å². The Balaban J connectivity index is 1.70. The molecule has 0 aliphatic heterocycles. The highest BCUT2D eigenvalue weighted by Gasteiger charge is 2.10. The van der Waals surface area contributed by atoms with Gasteiger partial charge in [-0.2, -0.15) is 0 Å². The number of anilines is 1. The summed E-state index contributed by atoms with van der Waals surface area (Å²) in [5.74, 6) is 0.646. The minimum Gasteiger partial charge on any atom is -0.439 e. The van der Waals surface area contributed by atoms with Crippen LogP contribution in [0.3, 0.4) is 0 Å². The van der Waals surface area contributed by atoms with Gasteiger partial charge in [-0.1, -0.05) is 41.4 Å². The van der Waals surface area contributed by atoms with Crippen LogP contribution in [0.25, 0.3) is 11.1 Å². The molecule has 0 spiro atoms. The number of hydrogen-bond donors (Lipinski definition) is 1. The first kappa shape index (κ1) is 13.3. The number of nitrogens with zero attached hydrogens (tertiary/aromatic N) is 1. The largest absolute Gasteiger partial charge is 0.439 e. The van der Waals surface area contributed by atoms with E-state index in [1.165, 1.54) is 0 Å². The highest BCUT2D eigenvalue weighted by Crippen LogP contribution is 2.28. The molecule has 5 heteroatoms. The van der Waals surface area contributed by atoms with Crippen LogP contribution in [0.15, 0.2) is 46.9 Å². The van der Waals surface area contributed by atoms with Gasteiger partial charge in [0, 0.05) is 23.7 Å². The molecule has 1 aromatic heterocycles. The van der Waals surface area contributed by atoms with Crippen LogP contribution >= 0.6 is 23.2 Å². The zero-order chi connectivity index (χ0) is 13.9. The summed E-state index contributed by atoms with van der Waals surface area (Å²) in [5.41, 5.74) is 2.35. The van der Waals surface area contributed by atoms with Crippen LogP contribution in [-0.4, -0.2) is 11.5 Å². The van der Waals surface area contributed by atoms with Crippen LogP contribution in [0.1, 0.15) is 5.89 Å². The van der Waals surface area contributed by atoms with E-state index in [2.05, 4.69) is 10.3 Å². The lowest BCUT2D eigenvalue weighted by atomic mass is 10.3. The predicted molar refractivity (Wildman–Crippen MR) is 82.7 cm³/mol. The Hall–Kier alpha value is -1.71. The fraction of sp³-hybridized carbons (Fsp3) is 0.133. The average Bonchev–Trinajstić information content (AvgIpc) is 2.83. The zero-order valence-electron chi connectivity index (χ0n) is 10.6. The minimum atomic E-state index is 0.488. The fourth-order valence-electron chi connectivity index (χ4n) is 1.98. The van der Waals surface area contributed by atoms with Crippen molar-refractivity contribution in [3.63, 3.8) is 0 Å². The van der Waals surface area contributed by atoms with E-state index in [0.29, 0.717) is 33.5 Å². The molecule has 2 aromatic carbocycles. The Morgan fingerprint density at radius 2 is 1.90 bits per heavy atom. The molecule has 0 saturated carbocycles. The Morgan fingerprint density at radius 3 is 2.70 bits per heavy atom. The van der Waals surface area contributed by atoms with E-state index in [1.807, 2.05) is 30.3 Å². The lowest BCUT2D eigenvalue weighted by Crippen LogP contribution is -2.04. The van der Waals surface area contributed by atoms with Crippen molar-refractivity contribution in [2.24, 2.45) is 0 Å². The third-order valence-corrected chi connectivity index (χ3v) is 3.39. The van der Waals surface area contributed by atoms with Crippen LogP contribution in [-0.2, 0) is 6.42 Å². The number of benzene rings is 2. The van der Waals surface area contributed by atoms with Crippen molar-refractivity contribution in [2.75, 3.05) is 11.9 Å². The van der Waals surface area contributed by atoms with Gasteiger partial charge < -0.3 is 9.73 Å². The molecule has 102 valence electrons. The second kappa shape index (κ2) is 5.73. The molecule has 0 fully saturated rings. The Kier molecular flexibility index (Phi) is 3.81. The quantitative estimate of drug-likeness (QED) is 0.753. The van der Waals surface area contributed by atoms with E-state index < -0.39 is 0 Å². The topological polar surface area (TPSA) is 38.1 Å². The number of aromatic nitrogens is 1. The summed E-state index contributed by atoms with van der Waals surface area (Å²) in [5, 5.41) is 4.35. The molecule has 1 heterocycles. The lowest BCUT2D eigenvalue weighted by Gasteiger charge is -2.03. The van der Waals surface area contributed by atoms with Crippen molar-refractivity contribution in [2.45, 2.75) is 6.42 Å². The van der Waals surface area contributed by atoms with Gasteiger partial charge in [0.15, 0.2) is 11.5 Å². The molecule has 0 aliphatic carbocycles. The molecule has 0 unspecified atom stereocenters. The molecular weight excluding hydrogens is 295 g/mol. The first-order chi connectivity index (χ1) is 9.72. The number of nitrogens with one attached hydrogen (secondary N) is 1. The Morgan fingerprint density at radius 1 is 1.10 bits per heavy atom. The summed E-state index contributed by atoms with van der Waals surface area (Å²) in [7, 11) is 0. The number of halogens is 2. The second-order valence-electron chi connectivity index (χ2n) is 4.39. The first-order valence-corrected chi connectivity index (χ1v) is 7.01. The Labute approximate surface area is 126 Å². The van der Waals surface area contributed by atoms with Gasteiger partial charge in [-0.15, -0.1) is 0 Å². The molecule has 0 radical (unpaired) electrons. The summed E-state index contributed by atoms with van der Waals surface area (Å²) < 4.78 is 5.65. The van der Waals surface area contributed by atoms with Gasteiger partial charge in [0.1, 0.15) is 5.52 Å². The van der Waals surface area contributed by atoms with Crippen molar-refractivity contribution in [1.82, 2.24) is 4.98 Å². The summed E-state index contributed by atoms with van der Waals surface area (Å²) >= 11 is 12.0. The van der Waals surface area contributed by atoms with E-state index in [1.54, 1.807) is 12.1 Å². The number of hydrogen-bond acceptors (Lipinski definition) is 3. The van der Waals surface area contributed by atoms with Gasteiger partial charge in [0.05, 0.1) is 5.02 Å². The van der Waals surface area contributed by atoms with Crippen molar-refractivity contribution in [3.8, 4) is 0 Å². The maximum atomic E-state index is 6.07. The standard InChI is InChI=1S/C15H12Cl2N2O/c16-10-8-12(17)15-13(9-10)19-14(20-15)6-7-18-11-4-2-1-3-5-11/h1-5,8-9,18H,6-7H2. The number of rotatable bonds is 4. The summed E-state index contributed by atoms with van der Waals surface area (Å²) in [6, 6.07) is 13.4. The van der Waals surface area contributed by atoms with E-state index in [0.717, 1.165) is 12.2 Å². The third kappa shape index (κ3) is 2.89. The van der Waals surface area contributed by atoms with Crippen LogP contribution in [0.2, 0.25) is 10.0 Å². The second-order valence-corrected chi connectivity index (χ2v) is 5.23. The van der Waals surface area contributed by atoms with Crippen molar-refractivity contribution in [3.05, 3.63) is 58.4 Å². The SMILES string of the molecule is Clc1cc(Cl)c2oc(CCNc3ccccc3)nc2c1. The van der Waals surface area contributed by atoms with Gasteiger partial charge in [0.25, 0.3) is 0 Å².